The third-order valence-electron chi connectivity index (χ3n) is 5.14. The van der Waals surface area contributed by atoms with E-state index >= 15 is 0 Å². The van der Waals surface area contributed by atoms with Gasteiger partial charge in [-0.15, -0.1) is 23.2 Å². The molecular formula is C16H16Cl3F3N2O3S. The number of amides is 1. The Kier molecular flexibility index (Phi) is 5.41. The van der Waals surface area contributed by atoms with Gasteiger partial charge < -0.3 is 4.90 Å². The van der Waals surface area contributed by atoms with E-state index in [2.05, 4.69) is 0 Å². The number of alkyl halides is 5. The summed E-state index contributed by atoms with van der Waals surface area (Å²) in [5.41, 5.74) is -2.12. The van der Waals surface area contributed by atoms with Crippen molar-refractivity contribution in [2.45, 2.75) is 28.7 Å². The van der Waals surface area contributed by atoms with Gasteiger partial charge in [0.1, 0.15) is 4.33 Å². The fourth-order valence-corrected chi connectivity index (χ4v) is 5.51. The second kappa shape index (κ2) is 6.91. The standard InChI is InChI=1S/C16H16Cl3F3N2O3S/c1-14(9-15(14,18)19)13(25)23-4-6-24(7-5-23)28(26,27)10-2-3-12(17)11(8-10)16(20,21)22/h2-3,8H,4-7,9H2,1H3. The van der Waals surface area contributed by atoms with Gasteiger partial charge in [-0.2, -0.15) is 17.5 Å². The Hall–Kier alpha value is -0.740. The second-order valence-electron chi connectivity index (χ2n) is 7.05. The number of halogens is 6. The van der Waals surface area contributed by atoms with E-state index in [4.69, 9.17) is 34.8 Å². The van der Waals surface area contributed by atoms with Crippen molar-refractivity contribution >= 4 is 50.7 Å². The number of piperazine rings is 1. The van der Waals surface area contributed by atoms with Crippen LogP contribution < -0.4 is 0 Å². The first-order chi connectivity index (χ1) is 12.7. The smallest absolute Gasteiger partial charge is 0.339 e. The van der Waals surface area contributed by atoms with Crippen LogP contribution >= 0.6 is 34.8 Å². The number of hydrogen-bond donors (Lipinski definition) is 0. The predicted molar refractivity (Wildman–Crippen MR) is 99.0 cm³/mol. The molecule has 5 nitrogen and oxygen atoms in total. The van der Waals surface area contributed by atoms with Gasteiger partial charge >= 0.3 is 6.18 Å². The van der Waals surface area contributed by atoms with Crippen molar-refractivity contribution in [3.8, 4) is 0 Å². The van der Waals surface area contributed by atoms with E-state index in [0.717, 1.165) is 16.4 Å². The zero-order chi connectivity index (χ0) is 21.1. The van der Waals surface area contributed by atoms with Crippen LogP contribution in [0, 0.1) is 5.41 Å². The van der Waals surface area contributed by atoms with E-state index in [9.17, 15) is 26.4 Å². The Labute approximate surface area is 175 Å². The van der Waals surface area contributed by atoms with Crippen LogP contribution in [0.4, 0.5) is 13.2 Å². The molecule has 1 aromatic rings. The molecule has 0 spiro atoms. The first-order valence-corrected chi connectivity index (χ1v) is 10.8. The van der Waals surface area contributed by atoms with Crippen LogP contribution in [0.2, 0.25) is 5.02 Å². The van der Waals surface area contributed by atoms with E-state index in [1.54, 1.807) is 6.92 Å². The lowest BCUT2D eigenvalue weighted by atomic mass is 10.1. The Morgan fingerprint density at radius 3 is 2.14 bits per heavy atom. The zero-order valence-electron chi connectivity index (χ0n) is 14.6. The van der Waals surface area contributed by atoms with E-state index in [1.807, 2.05) is 0 Å². The number of carbonyl (C=O) groups is 1. The van der Waals surface area contributed by atoms with Crippen molar-refractivity contribution in [3.63, 3.8) is 0 Å². The highest BCUT2D eigenvalue weighted by Crippen LogP contribution is 2.64. The first-order valence-electron chi connectivity index (χ1n) is 8.24. The van der Waals surface area contributed by atoms with Gasteiger partial charge in [0.15, 0.2) is 0 Å². The highest BCUT2D eigenvalue weighted by atomic mass is 35.5. The van der Waals surface area contributed by atoms with Crippen molar-refractivity contribution in [2.24, 2.45) is 5.41 Å². The first kappa shape index (κ1) is 22.0. The lowest BCUT2D eigenvalue weighted by Gasteiger charge is -2.35. The molecular weight excluding hydrogens is 464 g/mol. The van der Waals surface area contributed by atoms with Gasteiger partial charge in [0.05, 0.1) is 20.9 Å². The van der Waals surface area contributed by atoms with Crippen LogP contribution in [0.5, 0.6) is 0 Å². The van der Waals surface area contributed by atoms with Gasteiger partial charge in [-0.1, -0.05) is 11.6 Å². The fraction of sp³-hybridized carbons (Fsp3) is 0.562. The Balaban J connectivity index is 1.75. The third kappa shape index (κ3) is 3.71. The molecule has 3 rings (SSSR count). The van der Waals surface area contributed by atoms with Crippen molar-refractivity contribution in [3.05, 3.63) is 28.8 Å². The topological polar surface area (TPSA) is 57.7 Å². The number of hydrogen-bond acceptors (Lipinski definition) is 3. The Bertz CT molecular complexity index is 915. The van der Waals surface area contributed by atoms with Crippen molar-refractivity contribution in [1.29, 1.82) is 0 Å². The fourth-order valence-electron chi connectivity index (χ4n) is 3.14. The summed E-state index contributed by atoms with van der Waals surface area (Å²) in [5, 5.41) is -0.579. The number of benzene rings is 1. The number of nitrogens with zero attached hydrogens (tertiary/aromatic N) is 2. The maximum atomic E-state index is 13.0. The quantitative estimate of drug-likeness (QED) is 0.620. The van der Waals surface area contributed by atoms with Crippen molar-refractivity contribution in [1.82, 2.24) is 9.21 Å². The summed E-state index contributed by atoms with van der Waals surface area (Å²) < 4.78 is 64.4. The van der Waals surface area contributed by atoms with Gasteiger partial charge in [0, 0.05) is 26.2 Å². The van der Waals surface area contributed by atoms with E-state index in [1.165, 1.54) is 4.90 Å². The number of rotatable bonds is 3. The molecule has 1 aliphatic carbocycles. The molecule has 1 atom stereocenters. The molecule has 0 radical (unpaired) electrons. The predicted octanol–water partition coefficient (Wildman–Crippen LogP) is 3.78. The molecule has 0 bridgehead atoms. The zero-order valence-corrected chi connectivity index (χ0v) is 17.6. The maximum Gasteiger partial charge on any atom is 0.417 e. The molecule has 1 amide bonds. The van der Waals surface area contributed by atoms with Crippen LogP contribution in [0.3, 0.4) is 0 Å². The minimum absolute atomic E-state index is 0.0499. The number of sulfonamides is 1. The van der Waals surface area contributed by atoms with Crippen LogP contribution in [-0.2, 0) is 21.0 Å². The second-order valence-corrected chi connectivity index (χ2v) is 10.9. The number of carbonyl (C=O) groups excluding carboxylic acids is 1. The summed E-state index contributed by atoms with van der Waals surface area (Å²) in [6.45, 7) is 1.73. The minimum atomic E-state index is -4.77. The third-order valence-corrected chi connectivity index (χ3v) is 8.46. The highest BCUT2D eigenvalue weighted by molar-refractivity contribution is 7.89. The highest BCUT2D eigenvalue weighted by Gasteiger charge is 2.68. The van der Waals surface area contributed by atoms with Gasteiger partial charge in [0.2, 0.25) is 15.9 Å². The lowest BCUT2D eigenvalue weighted by Crippen LogP contribution is -2.52. The molecule has 1 saturated carbocycles. The van der Waals surface area contributed by atoms with Crippen LogP contribution in [0.25, 0.3) is 0 Å². The summed E-state index contributed by atoms with van der Waals surface area (Å²) in [6.07, 6.45) is -4.46. The average Bonchev–Trinajstić information content (AvgIpc) is 3.12. The summed E-state index contributed by atoms with van der Waals surface area (Å²) >= 11 is 17.6. The monoisotopic (exact) mass is 478 g/mol. The molecule has 1 heterocycles. The normalized spacial score (nSPS) is 25.6. The molecule has 1 unspecified atom stereocenters. The Morgan fingerprint density at radius 1 is 1.14 bits per heavy atom. The summed E-state index contributed by atoms with van der Waals surface area (Å²) in [4.78, 5) is 13.5. The average molecular weight is 480 g/mol. The molecule has 1 aromatic carbocycles. The molecule has 12 heteroatoms. The summed E-state index contributed by atoms with van der Waals surface area (Å²) in [7, 11) is -4.17. The summed E-state index contributed by atoms with van der Waals surface area (Å²) in [6, 6.07) is 2.46. The van der Waals surface area contributed by atoms with E-state index < -0.39 is 41.4 Å². The molecule has 0 aromatic heterocycles. The maximum absolute atomic E-state index is 13.0. The van der Waals surface area contributed by atoms with Gasteiger partial charge in [0.25, 0.3) is 0 Å². The molecule has 156 valence electrons. The van der Waals surface area contributed by atoms with E-state index in [-0.39, 0.29) is 32.1 Å². The molecule has 2 aliphatic rings. The van der Waals surface area contributed by atoms with Crippen LogP contribution in [0.1, 0.15) is 18.9 Å². The van der Waals surface area contributed by atoms with Crippen LogP contribution in [0.15, 0.2) is 23.1 Å². The largest absolute Gasteiger partial charge is 0.417 e. The lowest BCUT2D eigenvalue weighted by molar-refractivity contribution is -0.138. The van der Waals surface area contributed by atoms with Crippen LogP contribution in [-0.4, -0.2) is 54.0 Å². The SMILES string of the molecule is CC1(C(=O)N2CCN(S(=O)(=O)c3ccc(Cl)c(C(F)(F)F)c3)CC2)CC1(Cl)Cl. The minimum Gasteiger partial charge on any atom is -0.339 e. The summed E-state index contributed by atoms with van der Waals surface area (Å²) in [5.74, 6) is -0.264. The van der Waals surface area contributed by atoms with E-state index in [0.29, 0.717) is 12.5 Å². The molecule has 2 fully saturated rings. The Morgan fingerprint density at radius 2 is 1.68 bits per heavy atom. The van der Waals surface area contributed by atoms with Crippen molar-refractivity contribution in [2.75, 3.05) is 26.2 Å². The molecule has 28 heavy (non-hydrogen) atoms. The van der Waals surface area contributed by atoms with Gasteiger partial charge in [-0.3, -0.25) is 4.79 Å². The van der Waals surface area contributed by atoms with Gasteiger partial charge in [-0.25, -0.2) is 8.42 Å². The molecule has 0 N–H and O–H groups in total. The van der Waals surface area contributed by atoms with Crippen molar-refractivity contribution < 1.29 is 26.4 Å². The van der Waals surface area contributed by atoms with Gasteiger partial charge in [-0.05, 0) is 31.5 Å². The molecule has 1 saturated heterocycles. The molecule has 1 aliphatic heterocycles.